The van der Waals surface area contributed by atoms with Crippen LogP contribution in [0.4, 0.5) is 19.0 Å². The van der Waals surface area contributed by atoms with E-state index in [1.807, 2.05) is 0 Å². The maximum Gasteiger partial charge on any atom is 0.573 e. The lowest BCUT2D eigenvalue weighted by Gasteiger charge is -2.08. The second-order valence-electron chi connectivity index (χ2n) is 2.67. The molecule has 2 N–H and O–H groups in total. The quantitative estimate of drug-likeness (QED) is 0.632. The average Bonchev–Trinajstić information content (AvgIpc) is 2.14. The van der Waals surface area contributed by atoms with Crippen molar-refractivity contribution in [2.45, 2.75) is 12.9 Å². The highest BCUT2D eigenvalue weighted by molar-refractivity contribution is 5.41. The van der Waals surface area contributed by atoms with Crippen molar-refractivity contribution in [3.8, 4) is 5.75 Å². The number of pyridine rings is 1. The van der Waals surface area contributed by atoms with Crippen LogP contribution in [0.25, 0.3) is 0 Å². The molecule has 0 saturated heterocycles. The molecule has 0 unspecified atom stereocenters. The SMILES string of the molecule is NCc1cnc([N+](=O)[O-])c(OC(F)(F)F)c1. The number of aromatic nitrogens is 1. The van der Waals surface area contributed by atoms with Gasteiger partial charge in [-0.2, -0.15) is 0 Å². The van der Waals surface area contributed by atoms with Crippen LogP contribution in [-0.4, -0.2) is 16.3 Å². The molecule has 1 aromatic heterocycles. The molecule has 0 aliphatic rings. The second kappa shape index (κ2) is 4.31. The molecule has 1 aromatic rings. The molecule has 0 spiro atoms. The maximum absolute atomic E-state index is 11.9. The summed E-state index contributed by atoms with van der Waals surface area (Å²) in [7, 11) is 0. The zero-order chi connectivity index (χ0) is 12.3. The number of nitro groups is 1. The van der Waals surface area contributed by atoms with Crippen molar-refractivity contribution >= 4 is 5.82 Å². The zero-order valence-electron chi connectivity index (χ0n) is 7.69. The van der Waals surface area contributed by atoms with Crippen molar-refractivity contribution in [3.05, 3.63) is 27.9 Å². The fraction of sp³-hybridized carbons (Fsp3) is 0.286. The van der Waals surface area contributed by atoms with E-state index < -0.39 is 22.9 Å². The Balaban J connectivity index is 3.15. The first-order valence-corrected chi connectivity index (χ1v) is 3.92. The predicted octanol–water partition coefficient (Wildman–Crippen LogP) is 1.35. The number of halogens is 3. The number of nitrogens with zero attached hydrogens (tertiary/aromatic N) is 2. The summed E-state index contributed by atoms with van der Waals surface area (Å²) in [4.78, 5) is 12.5. The Morgan fingerprint density at radius 1 is 1.56 bits per heavy atom. The number of nitrogens with two attached hydrogens (primary N) is 1. The van der Waals surface area contributed by atoms with E-state index in [1.165, 1.54) is 0 Å². The molecule has 0 atom stereocenters. The first kappa shape index (κ1) is 12.2. The maximum atomic E-state index is 11.9. The summed E-state index contributed by atoms with van der Waals surface area (Å²) >= 11 is 0. The van der Waals surface area contributed by atoms with Gasteiger partial charge < -0.3 is 20.6 Å². The van der Waals surface area contributed by atoms with Gasteiger partial charge in [0.05, 0.1) is 0 Å². The minimum Gasteiger partial charge on any atom is -0.397 e. The summed E-state index contributed by atoms with van der Waals surface area (Å²) in [6.07, 6.45) is -4.00. The Morgan fingerprint density at radius 2 is 2.19 bits per heavy atom. The van der Waals surface area contributed by atoms with E-state index >= 15 is 0 Å². The lowest BCUT2D eigenvalue weighted by molar-refractivity contribution is -0.393. The van der Waals surface area contributed by atoms with Crippen molar-refractivity contribution in [2.24, 2.45) is 5.73 Å². The smallest absolute Gasteiger partial charge is 0.397 e. The van der Waals surface area contributed by atoms with Crippen LogP contribution in [0.2, 0.25) is 0 Å². The molecule has 0 bridgehead atoms. The molecular formula is C7H6F3N3O3. The fourth-order valence-corrected chi connectivity index (χ4v) is 0.926. The molecule has 0 radical (unpaired) electrons. The summed E-state index contributed by atoms with van der Waals surface area (Å²) in [5.41, 5.74) is 5.36. The number of alkyl halides is 3. The lowest BCUT2D eigenvalue weighted by atomic mass is 10.3. The van der Waals surface area contributed by atoms with Crippen LogP contribution in [0.5, 0.6) is 5.75 Å². The van der Waals surface area contributed by atoms with Crippen molar-refractivity contribution in [1.82, 2.24) is 4.98 Å². The van der Waals surface area contributed by atoms with Gasteiger partial charge in [0.1, 0.15) is 6.20 Å². The van der Waals surface area contributed by atoms with Gasteiger partial charge in [0.25, 0.3) is 0 Å². The first-order valence-electron chi connectivity index (χ1n) is 3.92. The summed E-state index contributed by atoms with van der Waals surface area (Å²) in [5, 5.41) is 10.4. The van der Waals surface area contributed by atoms with Gasteiger partial charge >= 0.3 is 12.2 Å². The van der Waals surface area contributed by atoms with Crippen LogP contribution < -0.4 is 10.5 Å². The van der Waals surface area contributed by atoms with Gasteiger partial charge in [0, 0.05) is 12.1 Å². The lowest BCUT2D eigenvalue weighted by Crippen LogP contribution is -2.18. The van der Waals surface area contributed by atoms with Crippen molar-refractivity contribution in [2.75, 3.05) is 0 Å². The molecule has 9 heteroatoms. The van der Waals surface area contributed by atoms with E-state index in [9.17, 15) is 23.3 Å². The monoisotopic (exact) mass is 237 g/mol. The molecule has 0 saturated carbocycles. The third kappa shape index (κ3) is 3.05. The number of hydrogen-bond donors (Lipinski definition) is 1. The van der Waals surface area contributed by atoms with Crippen molar-refractivity contribution in [3.63, 3.8) is 0 Å². The molecule has 0 aromatic carbocycles. The van der Waals surface area contributed by atoms with Gasteiger partial charge in [-0.3, -0.25) is 0 Å². The third-order valence-electron chi connectivity index (χ3n) is 1.52. The van der Waals surface area contributed by atoms with Gasteiger partial charge in [-0.1, -0.05) is 0 Å². The average molecular weight is 237 g/mol. The highest BCUT2D eigenvalue weighted by atomic mass is 19.4. The minimum absolute atomic E-state index is 0.0980. The molecule has 1 heterocycles. The van der Waals surface area contributed by atoms with E-state index in [0.29, 0.717) is 0 Å². The zero-order valence-corrected chi connectivity index (χ0v) is 7.69. The first-order chi connectivity index (χ1) is 7.33. The Morgan fingerprint density at radius 3 is 2.62 bits per heavy atom. The van der Waals surface area contributed by atoms with Crippen molar-refractivity contribution < 1.29 is 22.8 Å². The van der Waals surface area contributed by atoms with Crippen LogP contribution in [0.15, 0.2) is 12.3 Å². The summed E-state index contributed by atoms with van der Waals surface area (Å²) in [5.74, 6) is -1.98. The van der Waals surface area contributed by atoms with Crippen LogP contribution in [-0.2, 0) is 6.54 Å². The van der Waals surface area contributed by atoms with Gasteiger partial charge in [-0.15, -0.1) is 13.2 Å². The standard InChI is InChI=1S/C7H6F3N3O3/c8-7(9,10)16-5-1-4(2-11)3-12-6(5)13(14)15/h1,3H,2,11H2. The van der Waals surface area contributed by atoms with Crippen LogP contribution in [0, 0.1) is 10.1 Å². The molecule has 16 heavy (non-hydrogen) atoms. The van der Waals surface area contributed by atoms with Gasteiger partial charge in [0.2, 0.25) is 5.75 Å². The Kier molecular flexibility index (Phi) is 3.28. The molecule has 0 amide bonds. The second-order valence-corrected chi connectivity index (χ2v) is 2.67. The van der Waals surface area contributed by atoms with Crippen LogP contribution >= 0.6 is 0 Å². The Bertz CT molecular complexity index is 408. The molecule has 6 nitrogen and oxygen atoms in total. The van der Waals surface area contributed by atoms with Gasteiger partial charge in [-0.05, 0) is 16.0 Å². The molecule has 0 aliphatic heterocycles. The molecule has 1 rings (SSSR count). The summed E-state index contributed by atoms with van der Waals surface area (Å²) in [6.45, 7) is -0.0980. The fourth-order valence-electron chi connectivity index (χ4n) is 0.926. The van der Waals surface area contributed by atoms with Gasteiger partial charge in [-0.25, -0.2) is 0 Å². The topological polar surface area (TPSA) is 91.3 Å². The summed E-state index contributed by atoms with van der Waals surface area (Å²) in [6, 6.07) is 0.832. The van der Waals surface area contributed by atoms with Crippen LogP contribution in [0.3, 0.4) is 0 Å². The third-order valence-corrected chi connectivity index (χ3v) is 1.52. The Labute approximate surface area is 87.0 Å². The number of hydrogen-bond acceptors (Lipinski definition) is 5. The normalized spacial score (nSPS) is 11.2. The highest BCUT2D eigenvalue weighted by Gasteiger charge is 2.35. The molecular weight excluding hydrogens is 231 g/mol. The Hall–Kier alpha value is -1.90. The van der Waals surface area contributed by atoms with Crippen molar-refractivity contribution in [1.29, 1.82) is 0 Å². The predicted molar refractivity (Wildman–Crippen MR) is 45.5 cm³/mol. The van der Waals surface area contributed by atoms with E-state index in [2.05, 4.69) is 9.72 Å². The largest absolute Gasteiger partial charge is 0.573 e. The molecule has 88 valence electrons. The summed E-state index contributed by atoms with van der Waals surface area (Å²) < 4.78 is 39.2. The number of ether oxygens (including phenoxy) is 1. The van der Waals surface area contributed by atoms with E-state index in [0.717, 1.165) is 12.3 Å². The van der Waals surface area contributed by atoms with E-state index in [-0.39, 0.29) is 12.1 Å². The molecule has 0 fully saturated rings. The van der Waals surface area contributed by atoms with Gasteiger partial charge in [0.15, 0.2) is 0 Å². The minimum atomic E-state index is -5.01. The van der Waals surface area contributed by atoms with Crippen LogP contribution in [0.1, 0.15) is 5.56 Å². The molecule has 0 aliphatic carbocycles. The number of rotatable bonds is 3. The highest BCUT2D eigenvalue weighted by Crippen LogP contribution is 2.30. The van der Waals surface area contributed by atoms with E-state index in [1.54, 1.807) is 0 Å². The van der Waals surface area contributed by atoms with E-state index in [4.69, 9.17) is 5.73 Å².